The molecule has 0 unspecified atom stereocenters. The van der Waals surface area contributed by atoms with Crippen molar-refractivity contribution in [3.63, 3.8) is 0 Å². The van der Waals surface area contributed by atoms with Gasteiger partial charge in [0.15, 0.2) is 0 Å². The average Bonchev–Trinajstić information content (AvgIpc) is 2.85. The van der Waals surface area contributed by atoms with Crippen LogP contribution in [0.15, 0.2) is 18.2 Å². The number of carbonyl (C=O) groups is 2. The lowest BCUT2D eigenvalue weighted by molar-refractivity contribution is -0.124. The Morgan fingerprint density at radius 1 is 1.21 bits per heavy atom. The molecule has 0 radical (unpaired) electrons. The van der Waals surface area contributed by atoms with Gasteiger partial charge < -0.3 is 15.4 Å². The van der Waals surface area contributed by atoms with Crippen molar-refractivity contribution >= 4 is 29.1 Å². The van der Waals surface area contributed by atoms with E-state index in [-0.39, 0.29) is 23.4 Å². The molecule has 7 nitrogen and oxygen atoms in total. The summed E-state index contributed by atoms with van der Waals surface area (Å²) in [5.74, 6) is 0.496. The quantitative estimate of drug-likeness (QED) is 0.734. The first-order valence-electron chi connectivity index (χ1n) is 10.0. The lowest BCUT2D eigenvalue weighted by Gasteiger charge is -2.27. The van der Waals surface area contributed by atoms with Crippen LogP contribution in [0.4, 0.5) is 5.69 Å². The van der Waals surface area contributed by atoms with Gasteiger partial charge in [0.2, 0.25) is 11.8 Å². The van der Waals surface area contributed by atoms with Crippen LogP contribution >= 0.6 is 11.6 Å². The van der Waals surface area contributed by atoms with Gasteiger partial charge in [0.05, 0.1) is 25.4 Å². The first-order chi connectivity index (χ1) is 13.6. The van der Waals surface area contributed by atoms with Crippen molar-refractivity contribution in [2.75, 3.05) is 45.2 Å². The maximum absolute atomic E-state index is 12.8. The number of carbonyl (C=O) groups excluding carboxylic acids is 2. The maximum atomic E-state index is 12.8. The summed E-state index contributed by atoms with van der Waals surface area (Å²) in [4.78, 5) is 29.3. The van der Waals surface area contributed by atoms with E-state index in [2.05, 4.69) is 20.4 Å². The summed E-state index contributed by atoms with van der Waals surface area (Å²) < 4.78 is 5.30. The lowest BCUT2D eigenvalue weighted by atomic mass is 10.1. The number of amides is 2. The number of hydrogen-bond donors (Lipinski definition) is 2. The lowest BCUT2D eigenvalue weighted by Crippen LogP contribution is -2.47. The van der Waals surface area contributed by atoms with Gasteiger partial charge in [-0.25, -0.2) is 0 Å². The molecule has 29 heavy (non-hydrogen) atoms. The molecule has 162 valence electrons. The van der Waals surface area contributed by atoms with Gasteiger partial charge in [0.1, 0.15) is 5.75 Å². The highest BCUT2D eigenvalue weighted by Gasteiger charge is 2.26. The summed E-state index contributed by atoms with van der Waals surface area (Å²) in [5, 5.41) is 6.46. The minimum absolute atomic E-state index is 0.0322. The highest BCUT2D eigenvalue weighted by atomic mass is 35.5. The van der Waals surface area contributed by atoms with Crippen LogP contribution in [-0.2, 0) is 9.59 Å². The standard InChI is InChI=1S/C21H33ClN4O3/c1-15(20(28)23-17-13-16(22)7-8-18(17)29-5)26-10-6-9-25(11-12-26)14-19(27)24-21(2,3)4/h7-8,13,15H,6,9-12,14H2,1-5H3,(H,23,28)(H,24,27)/t15-/m0/s1. The minimum atomic E-state index is -0.304. The molecule has 2 rings (SSSR count). The Balaban J connectivity index is 1.91. The molecule has 8 heteroatoms. The number of nitrogens with zero attached hydrogens (tertiary/aromatic N) is 2. The van der Waals surface area contributed by atoms with Crippen LogP contribution in [0.25, 0.3) is 0 Å². The average molecular weight is 425 g/mol. The summed E-state index contributed by atoms with van der Waals surface area (Å²) in [7, 11) is 1.56. The van der Waals surface area contributed by atoms with Crippen LogP contribution < -0.4 is 15.4 Å². The fraction of sp³-hybridized carbons (Fsp3) is 0.619. The van der Waals surface area contributed by atoms with E-state index in [9.17, 15) is 9.59 Å². The van der Waals surface area contributed by atoms with Crippen molar-refractivity contribution in [1.29, 1.82) is 0 Å². The van der Waals surface area contributed by atoms with Gasteiger partial charge >= 0.3 is 0 Å². The topological polar surface area (TPSA) is 73.9 Å². The van der Waals surface area contributed by atoms with Crippen molar-refractivity contribution < 1.29 is 14.3 Å². The predicted molar refractivity (Wildman–Crippen MR) is 117 cm³/mol. The number of ether oxygens (including phenoxy) is 1. The Morgan fingerprint density at radius 2 is 1.93 bits per heavy atom. The van der Waals surface area contributed by atoms with E-state index in [1.54, 1.807) is 25.3 Å². The van der Waals surface area contributed by atoms with Gasteiger partial charge in [0.25, 0.3) is 0 Å². The Kier molecular flexibility index (Phi) is 8.31. The molecule has 1 heterocycles. The van der Waals surface area contributed by atoms with Crippen LogP contribution in [0.2, 0.25) is 5.02 Å². The molecule has 0 aliphatic carbocycles. The van der Waals surface area contributed by atoms with Crippen molar-refractivity contribution in [2.24, 2.45) is 0 Å². The SMILES string of the molecule is COc1ccc(Cl)cc1NC(=O)[C@H](C)N1CCCN(CC(=O)NC(C)(C)C)CC1. The van der Waals surface area contributed by atoms with E-state index in [1.165, 1.54) is 0 Å². The third-order valence-corrected chi connectivity index (χ3v) is 5.09. The first kappa shape index (κ1) is 23.4. The van der Waals surface area contributed by atoms with Crippen molar-refractivity contribution in [1.82, 2.24) is 15.1 Å². The van der Waals surface area contributed by atoms with E-state index < -0.39 is 0 Å². The summed E-state index contributed by atoms with van der Waals surface area (Å²) in [6, 6.07) is 4.83. The van der Waals surface area contributed by atoms with Gasteiger partial charge in [-0.15, -0.1) is 0 Å². The molecule has 0 aromatic heterocycles. The number of rotatable bonds is 6. The summed E-state index contributed by atoms with van der Waals surface area (Å²) in [6.07, 6.45) is 0.904. The number of methoxy groups -OCH3 is 1. The van der Waals surface area contributed by atoms with Crippen LogP contribution in [0.1, 0.15) is 34.1 Å². The van der Waals surface area contributed by atoms with E-state index in [4.69, 9.17) is 16.3 Å². The molecule has 1 saturated heterocycles. The Hall–Kier alpha value is -1.83. The zero-order valence-corrected chi connectivity index (χ0v) is 18.8. The number of nitrogens with one attached hydrogen (secondary N) is 2. The molecule has 1 aliphatic rings. The van der Waals surface area contributed by atoms with E-state index >= 15 is 0 Å². The predicted octanol–water partition coefficient (Wildman–Crippen LogP) is 2.60. The molecular formula is C21H33ClN4O3. The fourth-order valence-electron chi connectivity index (χ4n) is 3.38. The van der Waals surface area contributed by atoms with Crippen LogP contribution in [0, 0.1) is 0 Å². The molecule has 0 spiro atoms. The van der Waals surface area contributed by atoms with E-state index in [0.717, 1.165) is 32.6 Å². The highest BCUT2D eigenvalue weighted by molar-refractivity contribution is 6.31. The van der Waals surface area contributed by atoms with Crippen molar-refractivity contribution in [3.8, 4) is 5.75 Å². The molecule has 2 N–H and O–H groups in total. The van der Waals surface area contributed by atoms with Crippen molar-refractivity contribution in [3.05, 3.63) is 23.2 Å². The molecule has 1 fully saturated rings. The molecule has 1 aliphatic heterocycles. The molecule has 0 bridgehead atoms. The second-order valence-electron chi connectivity index (χ2n) is 8.47. The maximum Gasteiger partial charge on any atom is 0.241 e. The minimum Gasteiger partial charge on any atom is -0.495 e. The largest absolute Gasteiger partial charge is 0.495 e. The fourth-order valence-corrected chi connectivity index (χ4v) is 3.55. The smallest absolute Gasteiger partial charge is 0.241 e. The number of halogens is 1. The third-order valence-electron chi connectivity index (χ3n) is 4.85. The van der Waals surface area contributed by atoms with E-state index in [0.29, 0.717) is 23.0 Å². The highest BCUT2D eigenvalue weighted by Crippen LogP contribution is 2.28. The normalized spacial score (nSPS) is 17.3. The molecule has 2 amide bonds. The Morgan fingerprint density at radius 3 is 2.59 bits per heavy atom. The Bertz CT molecular complexity index is 720. The number of benzene rings is 1. The van der Waals surface area contributed by atoms with Gasteiger partial charge in [-0.1, -0.05) is 11.6 Å². The van der Waals surface area contributed by atoms with Gasteiger partial charge in [-0.2, -0.15) is 0 Å². The first-order valence-corrected chi connectivity index (χ1v) is 10.4. The number of anilines is 1. The zero-order chi connectivity index (χ0) is 21.6. The van der Waals surface area contributed by atoms with Crippen molar-refractivity contribution in [2.45, 2.75) is 45.7 Å². The van der Waals surface area contributed by atoms with Crippen LogP contribution in [0.5, 0.6) is 5.75 Å². The molecule has 1 atom stereocenters. The molecule has 1 aromatic rings. The van der Waals surface area contributed by atoms with Crippen LogP contribution in [-0.4, -0.2) is 73.0 Å². The Labute approximate surface area is 178 Å². The van der Waals surface area contributed by atoms with Gasteiger partial charge in [-0.3, -0.25) is 19.4 Å². The second kappa shape index (κ2) is 10.3. The van der Waals surface area contributed by atoms with Crippen LogP contribution in [0.3, 0.4) is 0 Å². The van der Waals surface area contributed by atoms with Gasteiger partial charge in [-0.05, 0) is 58.9 Å². The molecular weight excluding hydrogens is 392 g/mol. The van der Waals surface area contributed by atoms with E-state index in [1.807, 2.05) is 27.7 Å². The summed E-state index contributed by atoms with van der Waals surface area (Å²) in [5.41, 5.74) is 0.329. The monoisotopic (exact) mass is 424 g/mol. The third kappa shape index (κ3) is 7.49. The molecule has 0 saturated carbocycles. The summed E-state index contributed by atoms with van der Waals surface area (Å²) in [6.45, 7) is 11.3. The van der Waals surface area contributed by atoms with Gasteiger partial charge in [0, 0.05) is 30.2 Å². The summed E-state index contributed by atoms with van der Waals surface area (Å²) >= 11 is 6.05. The number of hydrogen-bond acceptors (Lipinski definition) is 5. The second-order valence-corrected chi connectivity index (χ2v) is 8.91. The molecule has 1 aromatic carbocycles. The zero-order valence-electron chi connectivity index (χ0n) is 18.0.